The van der Waals surface area contributed by atoms with E-state index >= 15 is 0 Å². The molecule has 0 bridgehead atoms. The molecule has 2 unspecified atom stereocenters. The van der Waals surface area contributed by atoms with E-state index in [-0.39, 0.29) is 12.2 Å². The summed E-state index contributed by atoms with van der Waals surface area (Å²) in [5.74, 6) is 1.45. The average molecular weight is 234 g/mol. The van der Waals surface area contributed by atoms with Gasteiger partial charge >= 0.3 is 0 Å². The highest BCUT2D eigenvalue weighted by molar-refractivity contribution is 5.29. The Morgan fingerprint density at radius 2 is 1.88 bits per heavy atom. The quantitative estimate of drug-likeness (QED) is 0.867. The SMILES string of the molecule is CC(C)Oc1ccc(C2CCCC(O)C2)cc1. The first kappa shape index (κ1) is 12.4. The van der Waals surface area contributed by atoms with Gasteiger partial charge in [-0.25, -0.2) is 0 Å². The van der Waals surface area contributed by atoms with E-state index in [4.69, 9.17) is 4.74 Å². The lowest BCUT2D eigenvalue weighted by atomic mass is 9.82. The van der Waals surface area contributed by atoms with Crippen molar-refractivity contribution in [3.05, 3.63) is 29.8 Å². The lowest BCUT2D eigenvalue weighted by Crippen LogP contribution is -2.18. The van der Waals surface area contributed by atoms with Gasteiger partial charge in [-0.2, -0.15) is 0 Å². The zero-order chi connectivity index (χ0) is 12.3. The Bertz CT molecular complexity index is 342. The van der Waals surface area contributed by atoms with Gasteiger partial charge in [0.2, 0.25) is 0 Å². The summed E-state index contributed by atoms with van der Waals surface area (Å²) < 4.78 is 5.63. The van der Waals surface area contributed by atoms with Gasteiger partial charge < -0.3 is 9.84 Å². The van der Waals surface area contributed by atoms with E-state index in [0.29, 0.717) is 5.92 Å². The van der Waals surface area contributed by atoms with E-state index in [1.807, 2.05) is 26.0 Å². The van der Waals surface area contributed by atoms with Gasteiger partial charge in [-0.05, 0) is 56.7 Å². The number of ether oxygens (including phenoxy) is 1. The van der Waals surface area contributed by atoms with Crippen molar-refractivity contribution in [1.82, 2.24) is 0 Å². The van der Waals surface area contributed by atoms with Crippen LogP contribution >= 0.6 is 0 Å². The van der Waals surface area contributed by atoms with Gasteiger partial charge in [0.15, 0.2) is 0 Å². The fraction of sp³-hybridized carbons (Fsp3) is 0.600. The summed E-state index contributed by atoms with van der Waals surface area (Å²) in [4.78, 5) is 0. The number of hydrogen-bond donors (Lipinski definition) is 1. The van der Waals surface area contributed by atoms with Gasteiger partial charge in [-0.3, -0.25) is 0 Å². The second-order valence-electron chi connectivity index (χ2n) is 5.25. The number of aliphatic hydroxyl groups excluding tert-OH is 1. The van der Waals surface area contributed by atoms with E-state index in [1.54, 1.807) is 0 Å². The predicted molar refractivity (Wildman–Crippen MR) is 69.4 cm³/mol. The second kappa shape index (κ2) is 5.54. The molecule has 1 saturated carbocycles. The summed E-state index contributed by atoms with van der Waals surface area (Å²) in [6.07, 6.45) is 4.31. The van der Waals surface area contributed by atoms with Gasteiger partial charge in [-0.15, -0.1) is 0 Å². The van der Waals surface area contributed by atoms with Crippen molar-refractivity contribution in [1.29, 1.82) is 0 Å². The molecule has 0 spiro atoms. The Labute approximate surface area is 104 Å². The standard InChI is InChI=1S/C15H22O2/c1-11(2)17-15-8-6-12(7-9-15)13-4-3-5-14(16)10-13/h6-9,11,13-14,16H,3-5,10H2,1-2H3. The molecular weight excluding hydrogens is 212 g/mol. The van der Waals surface area contributed by atoms with Crippen LogP contribution in [0.5, 0.6) is 5.75 Å². The molecule has 0 saturated heterocycles. The topological polar surface area (TPSA) is 29.5 Å². The van der Waals surface area contributed by atoms with Crippen LogP contribution in [-0.2, 0) is 0 Å². The van der Waals surface area contributed by atoms with Crippen molar-refractivity contribution in [2.75, 3.05) is 0 Å². The van der Waals surface area contributed by atoms with Gasteiger partial charge in [0, 0.05) is 0 Å². The van der Waals surface area contributed by atoms with Crippen LogP contribution in [0.1, 0.15) is 51.0 Å². The van der Waals surface area contributed by atoms with Crippen LogP contribution in [-0.4, -0.2) is 17.3 Å². The summed E-state index contributed by atoms with van der Waals surface area (Å²) >= 11 is 0. The third kappa shape index (κ3) is 3.47. The molecule has 0 aliphatic heterocycles. The largest absolute Gasteiger partial charge is 0.491 e. The maximum absolute atomic E-state index is 9.69. The summed E-state index contributed by atoms with van der Waals surface area (Å²) in [6, 6.07) is 8.35. The summed E-state index contributed by atoms with van der Waals surface area (Å²) in [5, 5.41) is 9.69. The van der Waals surface area contributed by atoms with Crippen molar-refractivity contribution in [3.8, 4) is 5.75 Å². The van der Waals surface area contributed by atoms with Gasteiger partial charge in [0.25, 0.3) is 0 Å². The minimum Gasteiger partial charge on any atom is -0.491 e. The lowest BCUT2D eigenvalue weighted by molar-refractivity contribution is 0.119. The molecule has 2 heteroatoms. The molecule has 0 heterocycles. The molecule has 2 nitrogen and oxygen atoms in total. The molecule has 17 heavy (non-hydrogen) atoms. The van der Waals surface area contributed by atoms with Gasteiger partial charge in [0.1, 0.15) is 5.75 Å². The van der Waals surface area contributed by atoms with Crippen LogP contribution in [0.4, 0.5) is 0 Å². The molecule has 2 rings (SSSR count). The molecule has 1 fully saturated rings. The minimum absolute atomic E-state index is 0.111. The molecule has 1 aromatic rings. The Hall–Kier alpha value is -1.02. The van der Waals surface area contributed by atoms with Crippen LogP contribution in [0.3, 0.4) is 0 Å². The van der Waals surface area contributed by atoms with Crippen molar-refractivity contribution in [2.24, 2.45) is 0 Å². The maximum atomic E-state index is 9.69. The second-order valence-corrected chi connectivity index (χ2v) is 5.25. The fourth-order valence-corrected chi connectivity index (χ4v) is 2.56. The summed E-state index contributed by atoms with van der Waals surface area (Å²) in [5.41, 5.74) is 1.33. The molecular formula is C15H22O2. The molecule has 1 aromatic carbocycles. The summed E-state index contributed by atoms with van der Waals surface area (Å²) in [6.45, 7) is 4.07. The molecule has 94 valence electrons. The monoisotopic (exact) mass is 234 g/mol. The molecule has 1 aliphatic carbocycles. The molecule has 0 aromatic heterocycles. The highest BCUT2D eigenvalue weighted by atomic mass is 16.5. The van der Waals surface area contributed by atoms with Crippen LogP contribution < -0.4 is 4.74 Å². The van der Waals surface area contributed by atoms with Crippen molar-refractivity contribution >= 4 is 0 Å². The van der Waals surface area contributed by atoms with Crippen LogP contribution in [0.25, 0.3) is 0 Å². The van der Waals surface area contributed by atoms with Crippen LogP contribution in [0.15, 0.2) is 24.3 Å². The highest BCUT2D eigenvalue weighted by Gasteiger charge is 2.21. The third-order valence-corrected chi connectivity index (χ3v) is 3.37. The fourth-order valence-electron chi connectivity index (χ4n) is 2.56. The van der Waals surface area contributed by atoms with E-state index < -0.39 is 0 Å². The first-order valence-electron chi connectivity index (χ1n) is 6.60. The Morgan fingerprint density at radius 1 is 1.18 bits per heavy atom. The highest BCUT2D eigenvalue weighted by Crippen LogP contribution is 2.33. The van der Waals surface area contributed by atoms with Crippen LogP contribution in [0.2, 0.25) is 0 Å². The molecule has 2 atom stereocenters. The first-order chi connectivity index (χ1) is 8.15. The number of rotatable bonds is 3. The average Bonchev–Trinajstić information content (AvgIpc) is 2.29. The Kier molecular flexibility index (Phi) is 4.06. The van der Waals surface area contributed by atoms with Crippen molar-refractivity contribution in [3.63, 3.8) is 0 Å². The number of aliphatic hydroxyl groups is 1. The molecule has 0 amide bonds. The number of benzene rings is 1. The first-order valence-corrected chi connectivity index (χ1v) is 6.60. The molecule has 1 N–H and O–H groups in total. The minimum atomic E-state index is -0.111. The Balaban J connectivity index is 2.01. The van der Waals surface area contributed by atoms with E-state index in [0.717, 1.165) is 25.0 Å². The zero-order valence-electron chi connectivity index (χ0n) is 10.7. The van der Waals surface area contributed by atoms with Crippen molar-refractivity contribution < 1.29 is 9.84 Å². The van der Waals surface area contributed by atoms with Gasteiger partial charge in [0.05, 0.1) is 12.2 Å². The number of hydrogen-bond acceptors (Lipinski definition) is 2. The summed E-state index contributed by atoms with van der Waals surface area (Å²) in [7, 11) is 0. The predicted octanol–water partition coefficient (Wildman–Crippen LogP) is 3.49. The normalized spacial score (nSPS) is 24.9. The lowest BCUT2D eigenvalue weighted by Gasteiger charge is -2.26. The molecule has 0 radical (unpaired) electrons. The smallest absolute Gasteiger partial charge is 0.119 e. The van der Waals surface area contributed by atoms with E-state index in [9.17, 15) is 5.11 Å². The molecule has 1 aliphatic rings. The zero-order valence-corrected chi connectivity index (χ0v) is 10.7. The third-order valence-electron chi connectivity index (χ3n) is 3.37. The van der Waals surface area contributed by atoms with E-state index in [1.165, 1.54) is 12.0 Å². The Morgan fingerprint density at radius 3 is 2.47 bits per heavy atom. The van der Waals surface area contributed by atoms with Crippen LogP contribution in [0, 0.1) is 0 Å². The van der Waals surface area contributed by atoms with Gasteiger partial charge in [-0.1, -0.05) is 18.6 Å². The van der Waals surface area contributed by atoms with Crippen molar-refractivity contribution in [2.45, 2.75) is 57.7 Å². The van der Waals surface area contributed by atoms with E-state index in [2.05, 4.69) is 12.1 Å². The maximum Gasteiger partial charge on any atom is 0.119 e.